The lowest BCUT2D eigenvalue weighted by molar-refractivity contribution is -0.122. The molecule has 1 spiro atoms. The van der Waals surface area contributed by atoms with E-state index in [4.69, 9.17) is 4.74 Å². The Labute approximate surface area is 140 Å². The van der Waals surface area contributed by atoms with Crippen molar-refractivity contribution in [3.05, 3.63) is 53.3 Å². The highest BCUT2D eigenvalue weighted by molar-refractivity contribution is 5.62. The molecule has 2 aromatic rings. The summed E-state index contributed by atoms with van der Waals surface area (Å²) in [7, 11) is 1.64. The maximum atomic E-state index is 13.6. The summed E-state index contributed by atoms with van der Waals surface area (Å²) in [5.41, 5.74) is 3.37. The Morgan fingerprint density at radius 1 is 1.12 bits per heavy atom. The van der Waals surface area contributed by atoms with E-state index in [1.807, 2.05) is 43.3 Å². The van der Waals surface area contributed by atoms with Gasteiger partial charge in [-0.15, -0.1) is 0 Å². The Morgan fingerprint density at radius 3 is 2.46 bits per heavy atom. The van der Waals surface area contributed by atoms with Gasteiger partial charge in [-0.05, 0) is 36.8 Å². The van der Waals surface area contributed by atoms with Crippen LogP contribution in [0.3, 0.4) is 0 Å². The van der Waals surface area contributed by atoms with E-state index >= 15 is 0 Å². The van der Waals surface area contributed by atoms with Crippen LogP contribution in [-0.4, -0.2) is 24.6 Å². The number of nitrogens with zero attached hydrogens (tertiary/aromatic N) is 2. The lowest BCUT2D eigenvalue weighted by Crippen LogP contribution is -2.52. The lowest BCUT2D eigenvalue weighted by Gasteiger charge is -2.44. The van der Waals surface area contributed by atoms with E-state index in [0.717, 1.165) is 28.4 Å². The lowest BCUT2D eigenvalue weighted by atomic mass is 9.65. The minimum atomic E-state index is -2.56. The van der Waals surface area contributed by atoms with E-state index in [0.29, 0.717) is 13.1 Å². The number of halogens is 2. The first-order chi connectivity index (χ1) is 11.4. The van der Waals surface area contributed by atoms with E-state index in [1.54, 1.807) is 7.11 Å². The number of rotatable bonds is 3. The maximum Gasteiger partial charge on any atom is 0.250 e. The number of benzene rings is 1. The van der Waals surface area contributed by atoms with Crippen LogP contribution in [0.15, 0.2) is 36.4 Å². The van der Waals surface area contributed by atoms with Crippen molar-refractivity contribution in [1.29, 1.82) is 0 Å². The molecule has 5 heteroatoms. The predicted molar refractivity (Wildman–Crippen MR) is 88.9 cm³/mol. The van der Waals surface area contributed by atoms with Gasteiger partial charge in [0, 0.05) is 37.0 Å². The normalized spacial score (nSPS) is 19.9. The van der Waals surface area contributed by atoms with Crippen LogP contribution < -0.4 is 9.64 Å². The first-order valence-corrected chi connectivity index (χ1v) is 8.15. The summed E-state index contributed by atoms with van der Waals surface area (Å²) >= 11 is 0. The molecular weight excluding hydrogens is 310 g/mol. The Bertz CT molecular complexity index is 765. The molecule has 0 bridgehead atoms. The van der Waals surface area contributed by atoms with Gasteiger partial charge in [0.1, 0.15) is 5.75 Å². The third kappa shape index (κ3) is 2.43. The number of methoxy groups -OCH3 is 1. The Hall–Kier alpha value is -2.17. The molecule has 0 N–H and O–H groups in total. The van der Waals surface area contributed by atoms with Gasteiger partial charge in [0.25, 0.3) is 0 Å². The van der Waals surface area contributed by atoms with Gasteiger partial charge in [0.15, 0.2) is 0 Å². The van der Waals surface area contributed by atoms with Gasteiger partial charge >= 0.3 is 0 Å². The van der Waals surface area contributed by atoms with Crippen molar-refractivity contribution in [3.63, 3.8) is 0 Å². The Kier molecular flexibility index (Phi) is 3.31. The monoisotopic (exact) mass is 330 g/mol. The van der Waals surface area contributed by atoms with E-state index in [1.165, 1.54) is 0 Å². The van der Waals surface area contributed by atoms with Crippen LogP contribution in [0, 0.1) is 6.92 Å². The Balaban J connectivity index is 1.63. The molecule has 1 fully saturated rings. The molecule has 1 aliphatic heterocycles. The molecule has 2 aliphatic rings. The van der Waals surface area contributed by atoms with Crippen LogP contribution in [0.25, 0.3) is 0 Å². The van der Waals surface area contributed by atoms with Crippen LogP contribution in [-0.2, 0) is 12.0 Å². The Morgan fingerprint density at radius 2 is 1.83 bits per heavy atom. The van der Waals surface area contributed by atoms with Crippen molar-refractivity contribution in [3.8, 4) is 5.75 Å². The molecule has 4 rings (SSSR count). The molecule has 0 amide bonds. The van der Waals surface area contributed by atoms with Gasteiger partial charge < -0.3 is 9.64 Å². The number of aromatic nitrogens is 1. The summed E-state index contributed by atoms with van der Waals surface area (Å²) in [6.07, 6.45) is -0.189. The first-order valence-electron chi connectivity index (χ1n) is 8.15. The minimum absolute atomic E-state index is 0.0947. The van der Waals surface area contributed by atoms with E-state index < -0.39 is 11.3 Å². The number of hydrogen-bond donors (Lipinski definition) is 0. The van der Waals surface area contributed by atoms with Gasteiger partial charge in [-0.1, -0.05) is 12.1 Å². The summed E-state index contributed by atoms with van der Waals surface area (Å²) in [5.74, 6) is -1.74. The van der Waals surface area contributed by atoms with Gasteiger partial charge in [-0.2, -0.15) is 0 Å². The van der Waals surface area contributed by atoms with E-state index in [9.17, 15) is 8.78 Å². The van der Waals surface area contributed by atoms with Gasteiger partial charge in [0.05, 0.1) is 18.5 Å². The molecule has 0 atom stereocenters. The van der Waals surface area contributed by atoms with Crippen LogP contribution in [0.5, 0.6) is 5.75 Å². The number of alkyl halides is 2. The largest absolute Gasteiger partial charge is 0.497 e. The first kappa shape index (κ1) is 15.4. The average Bonchev–Trinajstić information content (AvgIpc) is 2.80. The fraction of sp³-hybridized carbons (Fsp3) is 0.421. The van der Waals surface area contributed by atoms with Gasteiger partial charge in [0.2, 0.25) is 5.92 Å². The summed E-state index contributed by atoms with van der Waals surface area (Å²) in [5, 5.41) is 0. The topological polar surface area (TPSA) is 25.4 Å². The quantitative estimate of drug-likeness (QED) is 0.848. The van der Waals surface area contributed by atoms with Crippen molar-refractivity contribution in [1.82, 2.24) is 4.98 Å². The molecule has 1 aromatic heterocycles. The molecule has 126 valence electrons. The fourth-order valence-electron chi connectivity index (χ4n) is 4.03. The number of pyridine rings is 1. The number of anilines is 1. The summed E-state index contributed by atoms with van der Waals surface area (Å²) < 4.78 is 32.4. The van der Waals surface area contributed by atoms with Crippen LogP contribution >= 0.6 is 0 Å². The highest BCUT2D eigenvalue weighted by Crippen LogP contribution is 2.58. The van der Waals surface area contributed by atoms with Crippen molar-refractivity contribution in [2.45, 2.75) is 37.6 Å². The van der Waals surface area contributed by atoms with Crippen LogP contribution in [0.1, 0.15) is 29.8 Å². The van der Waals surface area contributed by atoms with Crippen LogP contribution in [0.4, 0.5) is 14.5 Å². The standard InChI is InChI=1S/C19H20F2N2O/c1-13-3-8-16-17(22-13)18(10-19(20,21)11-18)12-23(16)9-14-4-6-15(24-2)7-5-14/h3-8H,9-12H2,1-2H3. The predicted octanol–water partition coefficient (Wildman–Crippen LogP) is 4.09. The second-order valence-corrected chi connectivity index (χ2v) is 7.01. The summed E-state index contributed by atoms with van der Waals surface area (Å²) in [6, 6.07) is 11.9. The molecule has 1 aromatic carbocycles. The summed E-state index contributed by atoms with van der Waals surface area (Å²) in [6.45, 7) is 3.21. The highest BCUT2D eigenvalue weighted by Gasteiger charge is 2.62. The zero-order valence-electron chi connectivity index (χ0n) is 13.9. The van der Waals surface area contributed by atoms with Gasteiger partial charge in [-0.25, -0.2) is 8.78 Å². The van der Waals surface area contributed by atoms with Crippen LogP contribution in [0.2, 0.25) is 0 Å². The minimum Gasteiger partial charge on any atom is -0.497 e. The maximum absolute atomic E-state index is 13.6. The number of aryl methyl sites for hydroxylation is 1. The third-order valence-corrected chi connectivity index (χ3v) is 5.08. The molecule has 3 nitrogen and oxygen atoms in total. The fourth-order valence-corrected chi connectivity index (χ4v) is 4.03. The molecule has 1 aliphatic carbocycles. The average molecular weight is 330 g/mol. The second kappa shape index (κ2) is 5.16. The van der Waals surface area contributed by atoms with Crippen molar-refractivity contribution in [2.75, 3.05) is 18.6 Å². The number of hydrogen-bond acceptors (Lipinski definition) is 3. The van der Waals surface area contributed by atoms with Crippen molar-refractivity contribution in [2.24, 2.45) is 0 Å². The van der Waals surface area contributed by atoms with Crippen molar-refractivity contribution >= 4 is 5.69 Å². The number of fused-ring (bicyclic) bond motifs is 2. The second-order valence-electron chi connectivity index (χ2n) is 7.01. The molecular formula is C19H20F2N2O. The highest BCUT2D eigenvalue weighted by atomic mass is 19.3. The third-order valence-electron chi connectivity index (χ3n) is 5.08. The SMILES string of the molecule is COc1ccc(CN2CC3(CC(F)(F)C3)c3nc(C)ccc32)cc1. The number of ether oxygens (including phenoxy) is 1. The zero-order valence-corrected chi connectivity index (χ0v) is 13.9. The molecule has 1 saturated carbocycles. The smallest absolute Gasteiger partial charge is 0.250 e. The molecule has 2 heterocycles. The molecule has 24 heavy (non-hydrogen) atoms. The molecule has 0 saturated heterocycles. The van der Waals surface area contributed by atoms with Crippen molar-refractivity contribution < 1.29 is 13.5 Å². The summed E-state index contributed by atoms with van der Waals surface area (Å²) in [4.78, 5) is 6.80. The van der Waals surface area contributed by atoms with Gasteiger partial charge in [-0.3, -0.25) is 4.98 Å². The zero-order chi connectivity index (χ0) is 16.9. The van der Waals surface area contributed by atoms with E-state index in [-0.39, 0.29) is 12.8 Å². The van der Waals surface area contributed by atoms with E-state index in [2.05, 4.69) is 9.88 Å². The molecule has 0 unspecified atom stereocenters. The molecule has 0 radical (unpaired) electrons.